The van der Waals surface area contributed by atoms with Gasteiger partial charge in [-0.2, -0.15) is 0 Å². The number of hydrogen-bond acceptors (Lipinski definition) is 4. The van der Waals surface area contributed by atoms with E-state index in [1.807, 2.05) is 12.1 Å². The Morgan fingerprint density at radius 3 is 2.90 bits per heavy atom. The first-order chi connectivity index (χ1) is 10.2. The molecule has 1 aromatic carbocycles. The van der Waals surface area contributed by atoms with Gasteiger partial charge in [0.1, 0.15) is 5.56 Å². The third-order valence-electron chi connectivity index (χ3n) is 3.55. The van der Waals surface area contributed by atoms with Crippen LogP contribution >= 0.6 is 0 Å². The third-order valence-corrected chi connectivity index (χ3v) is 3.55. The lowest BCUT2D eigenvalue weighted by Crippen LogP contribution is -2.19. The number of aliphatic hydroxyl groups excluding tert-OH is 1. The van der Waals surface area contributed by atoms with Gasteiger partial charge in [0.25, 0.3) is 0 Å². The van der Waals surface area contributed by atoms with Gasteiger partial charge in [-0.15, -0.1) is 0 Å². The first-order valence-corrected chi connectivity index (χ1v) is 6.84. The minimum Gasteiger partial charge on any atom is -0.462 e. The molecule has 0 aliphatic carbocycles. The van der Waals surface area contributed by atoms with E-state index in [9.17, 15) is 14.7 Å². The number of aromatic nitrogens is 1. The summed E-state index contributed by atoms with van der Waals surface area (Å²) in [7, 11) is 0. The summed E-state index contributed by atoms with van der Waals surface area (Å²) in [4.78, 5) is 24.4. The standard InChI is InChI=1S/C16H15NO4/c1-2-21-16(20)13-9-17-11(6-7-18)8-10-4-3-5-12(14(10)17)15(13)19/h3-5,8-9,18H,2,6-7H2,1H3. The molecule has 21 heavy (non-hydrogen) atoms. The number of ether oxygens (including phenoxy) is 1. The van der Waals surface area contributed by atoms with Gasteiger partial charge in [0.05, 0.1) is 12.1 Å². The predicted molar refractivity (Wildman–Crippen MR) is 79.1 cm³/mol. The first-order valence-electron chi connectivity index (χ1n) is 6.84. The highest BCUT2D eigenvalue weighted by molar-refractivity contribution is 6.00. The molecule has 0 saturated heterocycles. The van der Waals surface area contributed by atoms with Crippen LogP contribution in [-0.4, -0.2) is 28.7 Å². The van der Waals surface area contributed by atoms with E-state index in [1.54, 1.807) is 23.5 Å². The number of pyridine rings is 1. The summed E-state index contributed by atoms with van der Waals surface area (Å²) < 4.78 is 6.75. The molecule has 0 unspecified atom stereocenters. The fourth-order valence-corrected chi connectivity index (χ4v) is 2.66. The summed E-state index contributed by atoms with van der Waals surface area (Å²) in [6, 6.07) is 7.33. The molecule has 0 saturated carbocycles. The fraction of sp³-hybridized carbons (Fsp3) is 0.250. The van der Waals surface area contributed by atoms with E-state index >= 15 is 0 Å². The smallest absolute Gasteiger partial charge is 0.343 e. The number of carbonyl (C=O) groups excluding carboxylic acids is 1. The van der Waals surface area contributed by atoms with Crippen LogP contribution in [0.4, 0.5) is 0 Å². The summed E-state index contributed by atoms with van der Waals surface area (Å²) >= 11 is 0. The zero-order valence-electron chi connectivity index (χ0n) is 11.6. The van der Waals surface area contributed by atoms with Gasteiger partial charge in [-0.1, -0.05) is 12.1 Å². The van der Waals surface area contributed by atoms with E-state index in [1.165, 1.54) is 6.20 Å². The molecule has 0 aliphatic rings. The van der Waals surface area contributed by atoms with Crippen LogP contribution in [0.15, 0.2) is 35.3 Å². The summed E-state index contributed by atoms with van der Waals surface area (Å²) in [5.74, 6) is -0.617. The highest BCUT2D eigenvalue weighted by atomic mass is 16.5. The van der Waals surface area contributed by atoms with E-state index in [4.69, 9.17) is 4.74 Å². The van der Waals surface area contributed by atoms with Crippen LogP contribution < -0.4 is 5.43 Å². The number of rotatable bonds is 4. The van der Waals surface area contributed by atoms with E-state index in [0.29, 0.717) is 11.8 Å². The molecule has 108 valence electrons. The number of carbonyl (C=O) groups is 1. The van der Waals surface area contributed by atoms with Crippen LogP contribution in [0.3, 0.4) is 0 Å². The molecule has 0 radical (unpaired) electrons. The Labute approximate surface area is 120 Å². The predicted octanol–water partition coefficient (Wildman–Crippen LogP) is 1.60. The Bertz CT molecular complexity index is 866. The Morgan fingerprint density at radius 1 is 1.38 bits per heavy atom. The maximum absolute atomic E-state index is 12.5. The molecule has 0 aliphatic heterocycles. The van der Waals surface area contributed by atoms with Crippen LogP contribution in [0, 0.1) is 0 Å². The molecule has 2 heterocycles. The summed E-state index contributed by atoms with van der Waals surface area (Å²) in [5, 5.41) is 10.6. The molecule has 1 N–H and O–H groups in total. The lowest BCUT2D eigenvalue weighted by atomic mass is 10.1. The Kier molecular flexibility index (Phi) is 3.35. The Morgan fingerprint density at radius 2 is 2.19 bits per heavy atom. The Balaban J connectivity index is 2.37. The van der Waals surface area contributed by atoms with Crippen molar-refractivity contribution in [3.05, 3.63) is 51.9 Å². The van der Waals surface area contributed by atoms with Crippen molar-refractivity contribution in [2.24, 2.45) is 0 Å². The van der Waals surface area contributed by atoms with E-state index < -0.39 is 5.97 Å². The fourth-order valence-electron chi connectivity index (χ4n) is 2.66. The average molecular weight is 285 g/mol. The molecule has 0 fully saturated rings. The second-order valence-electron chi connectivity index (χ2n) is 4.82. The molecule has 5 nitrogen and oxygen atoms in total. The molecule has 0 atom stereocenters. The maximum atomic E-state index is 12.5. The SMILES string of the molecule is CCOC(=O)c1cn2c(CCO)cc3cccc(c1=O)c32. The third kappa shape index (κ3) is 2.06. The zero-order valence-corrected chi connectivity index (χ0v) is 11.6. The Hall–Kier alpha value is -2.40. The van der Waals surface area contributed by atoms with E-state index in [2.05, 4.69) is 0 Å². The number of hydrogen-bond donors (Lipinski definition) is 1. The average Bonchev–Trinajstić information content (AvgIpc) is 2.82. The van der Waals surface area contributed by atoms with Gasteiger partial charge in [0.15, 0.2) is 0 Å². The van der Waals surface area contributed by atoms with Crippen LogP contribution in [0.5, 0.6) is 0 Å². The minimum absolute atomic E-state index is 0.00216. The molecule has 0 spiro atoms. The van der Waals surface area contributed by atoms with Crippen molar-refractivity contribution < 1.29 is 14.6 Å². The topological polar surface area (TPSA) is 68.0 Å². The van der Waals surface area contributed by atoms with E-state index in [0.717, 1.165) is 16.6 Å². The number of aliphatic hydroxyl groups is 1. The van der Waals surface area contributed by atoms with Gasteiger partial charge in [-0.05, 0) is 19.1 Å². The molecular weight excluding hydrogens is 270 g/mol. The summed E-state index contributed by atoms with van der Waals surface area (Å²) in [6.07, 6.45) is 1.97. The van der Waals surface area contributed by atoms with Crippen molar-refractivity contribution in [3.8, 4) is 0 Å². The second kappa shape index (κ2) is 5.18. The van der Waals surface area contributed by atoms with Crippen molar-refractivity contribution in [1.29, 1.82) is 0 Å². The van der Waals surface area contributed by atoms with Gasteiger partial charge >= 0.3 is 5.97 Å². The quantitative estimate of drug-likeness (QED) is 0.739. The van der Waals surface area contributed by atoms with Crippen LogP contribution in [0.2, 0.25) is 0 Å². The van der Waals surface area contributed by atoms with Crippen LogP contribution in [0.1, 0.15) is 23.0 Å². The number of nitrogens with zero attached hydrogens (tertiary/aromatic N) is 1. The van der Waals surface area contributed by atoms with Gasteiger partial charge in [-0.25, -0.2) is 4.79 Å². The van der Waals surface area contributed by atoms with Crippen LogP contribution in [0.25, 0.3) is 16.3 Å². The lowest BCUT2D eigenvalue weighted by Gasteiger charge is -2.07. The first kappa shape index (κ1) is 13.6. The number of esters is 1. The normalized spacial score (nSPS) is 11.3. The van der Waals surface area contributed by atoms with Gasteiger partial charge in [0, 0.05) is 35.7 Å². The maximum Gasteiger partial charge on any atom is 0.343 e. The van der Waals surface area contributed by atoms with E-state index in [-0.39, 0.29) is 24.2 Å². The minimum atomic E-state index is -0.617. The second-order valence-corrected chi connectivity index (χ2v) is 4.82. The highest BCUT2D eigenvalue weighted by Crippen LogP contribution is 2.24. The molecule has 2 aromatic heterocycles. The zero-order chi connectivity index (χ0) is 15.0. The van der Waals surface area contributed by atoms with Crippen molar-refractivity contribution >= 4 is 22.3 Å². The molecule has 5 heteroatoms. The van der Waals surface area contributed by atoms with Gasteiger partial charge in [-0.3, -0.25) is 4.79 Å². The van der Waals surface area contributed by atoms with Crippen molar-refractivity contribution in [2.45, 2.75) is 13.3 Å². The number of benzene rings is 1. The lowest BCUT2D eigenvalue weighted by molar-refractivity contribution is 0.0524. The molecule has 3 rings (SSSR count). The van der Waals surface area contributed by atoms with Crippen molar-refractivity contribution in [3.63, 3.8) is 0 Å². The van der Waals surface area contributed by atoms with Gasteiger partial charge < -0.3 is 14.2 Å². The molecule has 0 bridgehead atoms. The number of para-hydroxylation sites is 1. The highest BCUT2D eigenvalue weighted by Gasteiger charge is 2.18. The van der Waals surface area contributed by atoms with Gasteiger partial charge in [0.2, 0.25) is 5.43 Å². The summed E-state index contributed by atoms with van der Waals surface area (Å²) in [5.41, 5.74) is 1.33. The van der Waals surface area contributed by atoms with Crippen molar-refractivity contribution in [2.75, 3.05) is 13.2 Å². The molecular formula is C16H15NO4. The molecule has 3 aromatic rings. The molecule has 0 amide bonds. The van der Waals surface area contributed by atoms with Crippen LogP contribution in [-0.2, 0) is 11.2 Å². The largest absolute Gasteiger partial charge is 0.462 e. The van der Waals surface area contributed by atoms with Crippen molar-refractivity contribution in [1.82, 2.24) is 4.40 Å². The monoisotopic (exact) mass is 285 g/mol. The summed E-state index contributed by atoms with van der Waals surface area (Å²) in [6.45, 7) is 1.92.